The number of carbonyl (C=O) groups is 1. The van der Waals surface area contributed by atoms with E-state index in [1.165, 1.54) is 11.1 Å². The molecule has 5 rings (SSSR count). The molecule has 0 spiro atoms. The maximum atomic E-state index is 13.2. The monoisotopic (exact) mass is 440 g/mol. The van der Waals surface area contributed by atoms with Crippen LogP contribution < -0.4 is 4.90 Å². The van der Waals surface area contributed by atoms with Gasteiger partial charge in [-0.05, 0) is 42.0 Å². The number of para-hydroxylation sites is 1. The van der Waals surface area contributed by atoms with Crippen LogP contribution in [0, 0.1) is 11.8 Å². The van der Waals surface area contributed by atoms with Crippen molar-refractivity contribution in [2.45, 2.75) is 31.9 Å². The molecule has 2 aliphatic rings. The number of fused-ring (bicyclic) bond motifs is 2. The van der Waals surface area contributed by atoms with Crippen LogP contribution in [-0.2, 0) is 17.7 Å². The lowest BCUT2D eigenvalue weighted by Crippen LogP contribution is -2.47. The second-order valence-corrected chi connectivity index (χ2v) is 9.48. The molecular weight excluding hydrogens is 408 g/mol. The quantitative estimate of drug-likeness (QED) is 0.488. The van der Waals surface area contributed by atoms with Crippen LogP contribution >= 0.6 is 0 Å². The molecule has 1 aliphatic heterocycles. The molecule has 1 saturated heterocycles. The van der Waals surface area contributed by atoms with Crippen LogP contribution in [0.3, 0.4) is 0 Å². The molecule has 4 heteroatoms. The third-order valence-corrected chi connectivity index (χ3v) is 7.17. The van der Waals surface area contributed by atoms with Gasteiger partial charge in [-0.3, -0.25) is 9.80 Å². The number of amides is 1. The lowest BCUT2D eigenvalue weighted by molar-refractivity contribution is 0.000480. The maximum absolute atomic E-state index is 13.2. The zero-order chi connectivity index (χ0) is 22.6. The molecule has 2 unspecified atom stereocenters. The minimum Gasteiger partial charge on any atom is -0.445 e. The summed E-state index contributed by atoms with van der Waals surface area (Å²) in [5.41, 5.74) is 4.63. The standard InChI is InChI=1S/C29H32N2O2/c1-30(27-15-9-8-14-24(27)18-22-10-4-2-5-11-22)29(32)33-28-25-16-17-26(28)21-31(20-25)19-23-12-6-3-7-13-23/h2-15,25-26,28H,16-21H2,1H3. The highest BCUT2D eigenvalue weighted by atomic mass is 16.6. The Bertz CT molecular complexity index is 1060. The fraction of sp³-hybridized carbons (Fsp3) is 0.345. The van der Waals surface area contributed by atoms with Gasteiger partial charge in [-0.25, -0.2) is 4.79 Å². The van der Waals surface area contributed by atoms with E-state index in [4.69, 9.17) is 4.74 Å². The smallest absolute Gasteiger partial charge is 0.414 e. The van der Waals surface area contributed by atoms with Gasteiger partial charge < -0.3 is 4.74 Å². The van der Waals surface area contributed by atoms with Crippen molar-refractivity contribution in [3.05, 3.63) is 102 Å². The van der Waals surface area contributed by atoms with Gasteiger partial charge in [-0.1, -0.05) is 78.9 Å². The van der Waals surface area contributed by atoms with Gasteiger partial charge in [0.15, 0.2) is 0 Å². The van der Waals surface area contributed by atoms with Gasteiger partial charge in [0, 0.05) is 38.5 Å². The number of benzene rings is 3. The van der Waals surface area contributed by atoms with Crippen molar-refractivity contribution < 1.29 is 9.53 Å². The van der Waals surface area contributed by atoms with Crippen molar-refractivity contribution >= 4 is 11.8 Å². The van der Waals surface area contributed by atoms with Crippen molar-refractivity contribution in [3.8, 4) is 0 Å². The first-order chi connectivity index (χ1) is 16.2. The molecule has 0 aromatic heterocycles. The summed E-state index contributed by atoms with van der Waals surface area (Å²) in [6, 6.07) is 29.1. The summed E-state index contributed by atoms with van der Waals surface area (Å²) in [6.45, 7) is 2.97. The van der Waals surface area contributed by atoms with Crippen LogP contribution in [0.5, 0.6) is 0 Å². The van der Waals surface area contributed by atoms with E-state index in [0.717, 1.165) is 50.1 Å². The number of ether oxygens (including phenoxy) is 1. The predicted molar refractivity (Wildman–Crippen MR) is 132 cm³/mol. The summed E-state index contributed by atoms with van der Waals surface area (Å²) in [7, 11) is 1.83. The fourth-order valence-electron chi connectivity index (χ4n) is 5.53. The number of likely N-dealkylation sites (tertiary alicyclic amines) is 1. The van der Waals surface area contributed by atoms with Gasteiger partial charge >= 0.3 is 6.09 Å². The Labute approximate surface area is 196 Å². The predicted octanol–water partition coefficient (Wildman–Crippen LogP) is 5.76. The van der Waals surface area contributed by atoms with E-state index in [9.17, 15) is 4.79 Å². The van der Waals surface area contributed by atoms with Crippen molar-refractivity contribution in [1.29, 1.82) is 0 Å². The lowest BCUT2D eigenvalue weighted by Gasteiger charge is -2.38. The third kappa shape index (κ3) is 4.96. The van der Waals surface area contributed by atoms with E-state index in [1.54, 1.807) is 4.90 Å². The van der Waals surface area contributed by atoms with E-state index in [1.807, 2.05) is 31.3 Å². The molecule has 2 fully saturated rings. The summed E-state index contributed by atoms with van der Waals surface area (Å²) in [5, 5.41) is 0. The van der Waals surface area contributed by atoms with Crippen LogP contribution in [0.4, 0.5) is 10.5 Å². The van der Waals surface area contributed by atoms with Crippen LogP contribution in [0.2, 0.25) is 0 Å². The van der Waals surface area contributed by atoms with E-state index >= 15 is 0 Å². The fourth-order valence-corrected chi connectivity index (χ4v) is 5.53. The Morgan fingerprint density at radius 3 is 2.09 bits per heavy atom. The van der Waals surface area contributed by atoms with Crippen LogP contribution in [0.1, 0.15) is 29.5 Å². The number of hydrogen-bond donors (Lipinski definition) is 0. The molecule has 1 amide bonds. The summed E-state index contributed by atoms with van der Waals surface area (Å²) in [5.74, 6) is 0.841. The molecule has 4 nitrogen and oxygen atoms in total. The molecule has 2 atom stereocenters. The summed E-state index contributed by atoms with van der Waals surface area (Å²) in [6.07, 6.45) is 2.85. The van der Waals surface area contributed by atoms with Gasteiger partial charge in [0.1, 0.15) is 6.10 Å². The van der Waals surface area contributed by atoms with Gasteiger partial charge in [0.05, 0.1) is 5.69 Å². The lowest BCUT2D eigenvalue weighted by atomic mass is 9.94. The topological polar surface area (TPSA) is 32.8 Å². The number of anilines is 1. The van der Waals surface area contributed by atoms with Gasteiger partial charge in [-0.2, -0.15) is 0 Å². The Kier molecular flexibility index (Phi) is 6.45. The third-order valence-electron chi connectivity index (χ3n) is 7.17. The molecule has 3 aromatic carbocycles. The molecule has 0 N–H and O–H groups in total. The Balaban J connectivity index is 1.23. The number of carbonyl (C=O) groups excluding carboxylic acids is 1. The average molecular weight is 441 g/mol. The maximum Gasteiger partial charge on any atom is 0.414 e. The average Bonchev–Trinajstić information content (AvgIpc) is 3.07. The van der Waals surface area contributed by atoms with E-state index < -0.39 is 0 Å². The molecule has 2 bridgehead atoms. The van der Waals surface area contributed by atoms with Crippen molar-refractivity contribution in [1.82, 2.24) is 4.90 Å². The Morgan fingerprint density at radius 2 is 1.42 bits per heavy atom. The van der Waals surface area contributed by atoms with E-state index in [-0.39, 0.29) is 12.2 Å². The zero-order valence-corrected chi connectivity index (χ0v) is 19.3. The molecule has 1 heterocycles. The van der Waals surface area contributed by atoms with Crippen molar-refractivity contribution in [3.63, 3.8) is 0 Å². The van der Waals surface area contributed by atoms with Crippen LogP contribution in [0.15, 0.2) is 84.9 Å². The minimum absolute atomic E-state index is 0.0215. The van der Waals surface area contributed by atoms with Crippen LogP contribution in [-0.4, -0.2) is 37.2 Å². The second-order valence-electron chi connectivity index (χ2n) is 9.48. The van der Waals surface area contributed by atoms with Crippen LogP contribution in [0.25, 0.3) is 0 Å². The molecule has 3 aromatic rings. The normalized spacial score (nSPS) is 22.2. The van der Waals surface area contributed by atoms with Gasteiger partial charge in [0.25, 0.3) is 0 Å². The molecular formula is C29H32N2O2. The first-order valence-electron chi connectivity index (χ1n) is 12.0. The molecule has 170 valence electrons. The number of hydrogen-bond acceptors (Lipinski definition) is 3. The Hall–Kier alpha value is -3.11. The first kappa shape index (κ1) is 21.7. The largest absolute Gasteiger partial charge is 0.445 e. The van der Waals surface area contributed by atoms with E-state index in [2.05, 4.69) is 65.6 Å². The number of rotatable bonds is 6. The highest BCUT2D eigenvalue weighted by Crippen LogP contribution is 2.40. The summed E-state index contributed by atoms with van der Waals surface area (Å²) < 4.78 is 6.16. The molecule has 1 aliphatic carbocycles. The zero-order valence-electron chi connectivity index (χ0n) is 19.3. The highest BCUT2D eigenvalue weighted by Gasteiger charge is 2.44. The molecule has 33 heavy (non-hydrogen) atoms. The highest BCUT2D eigenvalue weighted by molar-refractivity contribution is 5.88. The minimum atomic E-state index is -0.242. The Morgan fingerprint density at radius 1 is 0.848 bits per heavy atom. The summed E-state index contributed by atoms with van der Waals surface area (Å²) >= 11 is 0. The van der Waals surface area contributed by atoms with Crippen molar-refractivity contribution in [2.24, 2.45) is 11.8 Å². The molecule has 1 saturated carbocycles. The van der Waals surface area contributed by atoms with Gasteiger partial charge in [-0.15, -0.1) is 0 Å². The number of nitrogens with zero attached hydrogens (tertiary/aromatic N) is 2. The summed E-state index contributed by atoms with van der Waals surface area (Å²) in [4.78, 5) is 17.4. The SMILES string of the molecule is CN(C(=O)OC1C2CCC1CN(Cc1ccccc1)C2)c1ccccc1Cc1ccccc1. The van der Waals surface area contributed by atoms with E-state index in [0.29, 0.717) is 11.8 Å². The first-order valence-corrected chi connectivity index (χ1v) is 12.0. The van der Waals surface area contributed by atoms with Crippen molar-refractivity contribution in [2.75, 3.05) is 25.0 Å². The molecule has 0 radical (unpaired) electrons. The second kappa shape index (κ2) is 9.80. The number of piperidine rings is 1. The van der Waals surface area contributed by atoms with Gasteiger partial charge in [0.2, 0.25) is 0 Å².